The lowest BCUT2D eigenvalue weighted by Crippen LogP contribution is -2.41. The predicted octanol–water partition coefficient (Wildman–Crippen LogP) is 2.31. The first kappa shape index (κ1) is 23.8. The van der Waals surface area contributed by atoms with Gasteiger partial charge >= 0.3 is 0 Å². The van der Waals surface area contributed by atoms with E-state index in [0.717, 1.165) is 19.5 Å². The number of benzene rings is 2. The van der Waals surface area contributed by atoms with Gasteiger partial charge in [-0.15, -0.1) is 0 Å². The number of hydrogen-bond donors (Lipinski definition) is 3. The molecule has 1 aliphatic rings. The van der Waals surface area contributed by atoms with Crippen LogP contribution in [0.4, 0.5) is 0 Å². The topological polar surface area (TPSA) is 126 Å². The Morgan fingerprint density at radius 2 is 1.85 bits per heavy atom. The first-order valence-corrected chi connectivity index (χ1v) is 10.6. The molecule has 1 fully saturated rings. The van der Waals surface area contributed by atoms with Crippen LogP contribution < -0.4 is 20.5 Å². The molecule has 2 aromatic rings. The molecule has 1 heterocycles. The van der Waals surface area contributed by atoms with Crippen LogP contribution in [0.2, 0.25) is 0 Å². The fraction of sp³-hybridized carbons (Fsp3) is 0.292. The number of aliphatic hydroxyl groups is 1. The number of likely N-dealkylation sites (tertiary alicyclic amines) is 1. The number of nitrogens with one attached hydrogen (secondary N) is 1. The van der Waals surface area contributed by atoms with Gasteiger partial charge in [-0.05, 0) is 62.0 Å². The van der Waals surface area contributed by atoms with Gasteiger partial charge in [0.2, 0.25) is 0 Å². The summed E-state index contributed by atoms with van der Waals surface area (Å²) in [4.78, 5) is 30.6. The van der Waals surface area contributed by atoms with Gasteiger partial charge in [-0.1, -0.05) is 0 Å². The minimum Gasteiger partial charge on any atom is -0.488 e. The zero-order chi connectivity index (χ0) is 23.8. The number of amides is 2. The van der Waals surface area contributed by atoms with E-state index in [0.29, 0.717) is 22.8 Å². The van der Waals surface area contributed by atoms with Crippen molar-refractivity contribution in [3.63, 3.8) is 0 Å². The molecule has 174 valence electrons. The van der Waals surface area contributed by atoms with Crippen molar-refractivity contribution in [2.75, 3.05) is 26.7 Å². The molecule has 0 spiro atoms. The fourth-order valence-corrected chi connectivity index (χ4v) is 2.98. The van der Waals surface area contributed by atoms with Crippen LogP contribution in [-0.4, -0.2) is 60.5 Å². The molecule has 0 aromatic heterocycles. The maximum absolute atomic E-state index is 12.6. The Bertz CT molecular complexity index is 1050. The number of aliphatic imine (C=N–C) groups is 1. The van der Waals surface area contributed by atoms with E-state index in [2.05, 4.69) is 10.3 Å². The number of ether oxygens (including phenoxy) is 2. The van der Waals surface area contributed by atoms with Crippen LogP contribution in [0.3, 0.4) is 0 Å². The zero-order valence-electron chi connectivity index (χ0n) is 18.7. The molecular weight excluding hydrogens is 424 g/mol. The highest BCUT2D eigenvalue weighted by Crippen LogP contribution is 2.29. The van der Waals surface area contributed by atoms with Gasteiger partial charge in [0.1, 0.15) is 29.2 Å². The minimum atomic E-state index is -0.573. The van der Waals surface area contributed by atoms with E-state index in [1.165, 1.54) is 18.2 Å². The smallest absolute Gasteiger partial charge is 0.279 e. The Kier molecular flexibility index (Phi) is 8.04. The predicted molar refractivity (Wildman–Crippen MR) is 125 cm³/mol. The third kappa shape index (κ3) is 6.56. The molecule has 0 aliphatic carbocycles. The normalized spacial score (nSPS) is 14.5. The highest BCUT2D eigenvalue weighted by Gasteiger charge is 2.21. The second kappa shape index (κ2) is 11.1. The quantitative estimate of drug-likeness (QED) is 0.394. The van der Waals surface area contributed by atoms with Crippen molar-refractivity contribution in [3.05, 3.63) is 65.9 Å². The van der Waals surface area contributed by atoms with Gasteiger partial charge in [-0.3, -0.25) is 9.59 Å². The summed E-state index contributed by atoms with van der Waals surface area (Å²) in [5, 5.41) is 12.1. The monoisotopic (exact) mass is 452 g/mol. The van der Waals surface area contributed by atoms with Crippen molar-refractivity contribution < 1.29 is 24.2 Å². The van der Waals surface area contributed by atoms with Crippen molar-refractivity contribution in [3.8, 4) is 17.2 Å². The lowest BCUT2D eigenvalue weighted by Gasteiger charge is -2.30. The first-order valence-electron chi connectivity index (χ1n) is 10.6. The second-order valence-electron chi connectivity index (χ2n) is 7.54. The average Bonchev–Trinajstić information content (AvgIpc) is 2.76. The lowest BCUT2D eigenvalue weighted by molar-refractivity contribution is 0.0651. The van der Waals surface area contributed by atoms with Gasteiger partial charge in [0.25, 0.3) is 11.8 Å². The number of rotatable bonds is 9. The van der Waals surface area contributed by atoms with E-state index in [9.17, 15) is 14.7 Å². The molecule has 1 saturated heterocycles. The van der Waals surface area contributed by atoms with Gasteiger partial charge < -0.3 is 30.5 Å². The number of carbonyl (C=O) groups excluding carboxylic acids is 2. The number of amidine groups is 1. The molecule has 0 radical (unpaired) electrons. The molecule has 33 heavy (non-hydrogen) atoms. The summed E-state index contributed by atoms with van der Waals surface area (Å²) >= 11 is 0. The van der Waals surface area contributed by atoms with Crippen LogP contribution in [-0.2, 0) is 0 Å². The third-order valence-electron chi connectivity index (χ3n) is 4.85. The first-order chi connectivity index (χ1) is 15.9. The molecule has 3 rings (SSSR count). The Morgan fingerprint density at radius 1 is 1.15 bits per heavy atom. The molecule has 1 atom stereocenters. The fourth-order valence-electron chi connectivity index (χ4n) is 2.98. The summed E-state index contributed by atoms with van der Waals surface area (Å²) < 4.78 is 11.6. The number of nitrogens with zero attached hydrogens (tertiary/aromatic N) is 2. The summed E-state index contributed by atoms with van der Waals surface area (Å²) in [6.07, 6.45) is 3.57. The van der Waals surface area contributed by atoms with E-state index in [1.54, 1.807) is 55.4 Å². The Balaban J connectivity index is 1.83. The molecule has 4 N–H and O–H groups in total. The number of hydrogen-bond acceptors (Lipinski definition) is 6. The van der Waals surface area contributed by atoms with Crippen LogP contribution in [0.1, 0.15) is 34.1 Å². The number of aliphatic hydroxyl groups excluding tert-OH is 1. The van der Waals surface area contributed by atoms with Crippen LogP contribution in [0, 0.1) is 0 Å². The van der Waals surface area contributed by atoms with E-state index < -0.39 is 12.0 Å². The van der Waals surface area contributed by atoms with Gasteiger partial charge in [-0.25, -0.2) is 0 Å². The second-order valence-corrected chi connectivity index (χ2v) is 7.54. The molecular formula is C24H28N4O5. The SMILES string of the molecule is CN/C=C\C(N)=NC(=O)c1cc(Oc2ccc(C(=O)N3CCC3)cc2)cc(O[C@H](C)CO)c1. The van der Waals surface area contributed by atoms with E-state index in [4.69, 9.17) is 15.2 Å². The largest absolute Gasteiger partial charge is 0.488 e. The maximum Gasteiger partial charge on any atom is 0.279 e. The average molecular weight is 453 g/mol. The summed E-state index contributed by atoms with van der Waals surface area (Å²) in [5.41, 5.74) is 6.55. The van der Waals surface area contributed by atoms with Crippen molar-refractivity contribution in [2.45, 2.75) is 19.4 Å². The number of nitrogens with two attached hydrogens (primary N) is 1. The van der Waals surface area contributed by atoms with Crippen molar-refractivity contribution >= 4 is 17.6 Å². The molecule has 0 saturated carbocycles. The molecule has 9 nitrogen and oxygen atoms in total. The van der Waals surface area contributed by atoms with Gasteiger partial charge in [0.05, 0.1) is 6.61 Å². The molecule has 2 aromatic carbocycles. The Labute approximate surface area is 192 Å². The summed E-state index contributed by atoms with van der Waals surface area (Å²) in [7, 11) is 1.70. The summed E-state index contributed by atoms with van der Waals surface area (Å²) in [6, 6.07) is 11.4. The van der Waals surface area contributed by atoms with Gasteiger partial charge in [0, 0.05) is 37.3 Å². The maximum atomic E-state index is 12.6. The van der Waals surface area contributed by atoms with Crippen LogP contribution in [0.25, 0.3) is 0 Å². The highest BCUT2D eigenvalue weighted by atomic mass is 16.5. The van der Waals surface area contributed by atoms with Gasteiger partial charge in [0.15, 0.2) is 0 Å². The Hall–Kier alpha value is -3.85. The molecule has 0 bridgehead atoms. The van der Waals surface area contributed by atoms with E-state index in [1.807, 2.05) is 0 Å². The standard InChI is InChI=1S/C24H28N4O5/c1-16(15-29)32-20-12-18(23(30)27-22(25)8-9-26-2)13-21(14-20)33-19-6-4-17(5-7-19)24(31)28-10-3-11-28/h4-9,12-14,16,26,29H,3,10-11,15H2,1-2H3,(H2,25,27,30)/b9-8-/t16-/m1/s1. The van der Waals surface area contributed by atoms with E-state index in [-0.39, 0.29) is 23.9 Å². The molecule has 2 amide bonds. The summed E-state index contributed by atoms with van der Waals surface area (Å²) in [5.74, 6) is 0.617. The highest BCUT2D eigenvalue weighted by molar-refractivity contribution is 6.06. The third-order valence-corrected chi connectivity index (χ3v) is 4.85. The van der Waals surface area contributed by atoms with Gasteiger partial charge in [-0.2, -0.15) is 4.99 Å². The van der Waals surface area contributed by atoms with Crippen molar-refractivity contribution in [1.82, 2.24) is 10.2 Å². The van der Waals surface area contributed by atoms with Crippen molar-refractivity contribution in [2.24, 2.45) is 10.7 Å². The van der Waals surface area contributed by atoms with Crippen LogP contribution in [0.15, 0.2) is 59.7 Å². The zero-order valence-corrected chi connectivity index (χ0v) is 18.7. The van der Waals surface area contributed by atoms with Crippen LogP contribution >= 0.6 is 0 Å². The Morgan fingerprint density at radius 3 is 2.45 bits per heavy atom. The van der Waals surface area contributed by atoms with E-state index >= 15 is 0 Å². The molecule has 0 unspecified atom stereocenters. The molecule has 9 heteroatoms. The van der Waals surface area contributed by atoms with Crippen LogP contribution in [0.5, 0.6) is 17.2 Å². The number of carbonyl (C=O) groups is 2. The summed E-state index contributed by atoms with van der Waals surface area (Å²) in [6.45, 7) is 3.07. The lowest BCUT2D eigenvalue weighted by atomic mass is 10.1. The molecule has 1 aliphatic heterocycles. The minimum absolute atomic E-state index is 0.00292. The van der Waals surface area contributed by atoms with Crippen molar-refractivity contribution in [1.29, 1.82) is 0 Å².